The number of carbonyl (C=O) groups is 2. The molecule has 0 radical (unpaired) electrons. The molecule has 1 fully saturated rings. The van der Waals surface area contributed by atoms with Crippen LogP contribution < -0.4 is 20.1 Å². The summed E-state index contributed by atoms with van der Waals surface area (Å²) in [4.78, 5) is 27.9. The maximum Gasteiger partial charge on any atom is 0.260 e. The average Bonchev–Trinajstić information content (AvgIpc) is 2.86. The number of nitrogens with one attached hydrogen (secondary N) is 2. The molecule has 1 amide bonds. The second-order valence-electron chi connectivity index (χ2n) is 9.02. The lowest BCUT2D eigenvalue weighted by Gasteiger charge is -2.35. The molecule has 2 heterocycles. The Hall–Kier alpha value is -3.43. The number of benzene rings is 2. The zero-order valence-electron chi connectivity index (χ0n) is 20.9. The number of morpholine rings is 1. The standard InChI is InChI=1S/C27H31N3O5S/c1-16-13-30(14-17(2)35-16)23(31)15-34-21-11-10-20(12-22(21)33-4)25-24(18(3)28-27(36)29-25)26(32)19-8-6-5-7-9-19/h5-12,16-17,25H,13-15H2,1-4H3,(H2,28,29,36)/t16-,17-,25-/m0/s1. The van der Waals surface area contributed by atoms with Crippen molar-refractivity contribution in [3.63, 3.8) is 0 Å². The van der Waals surface area contributed by atoms with Crippen LogP contribution in [0, 0.1) is 0 Å². The van der Waals surface area contributed by atoms with Gasteiger partial charge >= 0.3 is 0 Å². The van der Waals surface area contributed by atoms with Gasteiger partial charge in [-0.1, -0.05) is 36.4 Å². The summed E-state index contributed by atoms with van der Waals surface area (Å²) in [6, 6.07) is 14.0. The van der Waals surface area contributed by atoms with Crippen LogP contribution >= 0.6 is 12.2 Å². The molecule has 9 heteroatoms. The summed E-state index contributed by atoms with van der Waals surface area (Å²) in [5, 5.41) is 6.70. The number of nitrogens with zero attached hydrogens (tertiary/aromatic N) is 1. The van der Waals surface area contributed by atoms with Crippen LogP contribution in [0.3, 0.4) is 0 Å². The lowest BCUT2D eigenvalue weighted by atomic mass is 9.89. The summed E-state index contributed by atoms with van der Waals surface area (Å²) in [7, 11) is 1.54. The Morgan fingerprint density at radius 3 is 2.44 bits per heavy atom. The van der Waals surface area contributed by atoms with E-state index in [1.807, 2.05) is 45.0 Å². The van der Waals surface area contributed by atoms with Crippen LogP contribution in [0.15, 0.2) is 59.8 Å². The molecule has 8 nitrogen and oxygen atoms in total. The third kappa shape index (κ3) is 5.68. The Bertz CT molecular complexity index is 1170. The van der Waals surface area contributed by atoms with Crippen LogP contribution in [-0.4, -0.2) is 60.7 Å². The van der Waals surface area contributed by atoms with Crippen LogP contribution in [0.25, 0.3) is 0 Å². The molecule has 2 aliphatic heterocycles. The summed E-state index contributed by atoms with van der Waals surface area (Å²) in [5.74, 6) is 0.693. The highest BCUT2D eigenvalue weighted by molar-refractivity contribution is 7.80. The normalized spacial score (nSPS) is 21.9. The van der Waals surface area contributed by atoms with Crippen molar-refractivity contribution in [1.29, 1.82) is 0 Å². The smallest absolute Gasteiger partial charge is 0.260 e. The van der Waals surface area contributed by atoms with E-state index in [9.17, 15) is 9.59 Å². The molecule has 36 heavy (non-hydrogen) atoms. The van der Waals surface area contributed by atoms with Crippen molar-refractivity contribution in [2.24, 2.45) is 0 Å². The molecule has 0 unspecified atom stereocenters. The molecule has 0 aliphatic carbocycles. The van der Waals surface area contributed by atoms with Gasteiger partial charge in [0.2, 0.25) is 0 Å². The first-order chi connectivity index (χ1) is 17.3. The Labute approximate surface area is 216 Å². The molecule has 0 spiro atoms. The lowest BCUT2D eigenvalue weighted by Crippen LogP contribution is -2.49. The van der Waals surface area contributed by atoms with Crippen molar-refractivity contribution >= 4 is 29.0 Å². The molecule has 2 N–H and O–H groups in total. The van der Waals surface area contributed by atoms with Gasteiger partial charge in [0.15, 0.2) is 29.0 Å². The first kappa shape index (κ1) is 25.7. The molecule has 1 saturated heterocycles. The van der Waals surface area contributed by atoms with E-state index in [1.165, 1.54) is 7.11 Å². The number of thiocarbonyl (C=S) groups is 1. The minimum absolute atomic E-state index is 0.0145. The predicted octanol–water partition coefficient (Wildman–Crippen LogP) is 3.39. The van der Waals surface area contributed by atoms with Crippen molar-refractivity contribution in [3.8, 4) is 11.5 Å². The maximum absolute atomic E-state index is 13.4. The van der Waals surface area contributed by atoms with Gasteiger partial charge in [0.25, 0.3) is 5.91 Å². The van der Waals surface area contributed by atoms with Gasteiger partial charge < -0.3 is 29.7 Å². The summed E-state index contributed by atoms with van der Waals surface area (Å²) >= 11 is 5.38. The van der Waals surface area contributed by atoms with Gasteiger partial charge in [-0.3, -0.25) is 9.59 Å². The number of allylic oxidation sites excluding steroid dienone is 1. The molecular formula is C27H31N3O5S. The van der Waals surface area contributed by atoms with Gasteiger partial charge in [-0.15, -0.1) is 0 Å². The van der Waals surface area contributed by atoms with E-state index in [0.717, 1.165) is 5.56 Å². The number of methoxy groups -OCH3 is 1. The van der Waals surface area contributed by atoms with Gasteiger partial charge in [0, 0.05) is 29.9 Å². The first-order valence-electron chi connectivity index (χ1n) is 11.9. The molecular weight excluding hydrogens is 478 g/mol. The molecule has 190 valence electrons. The molecule has 0 bridgehead atoms. The minimum Gasteiger partial charge on any atom is -0.493 e. The third-order valence-corrected chi connectivity index (χ3v) is 6.41. The van der Waals surface area contributed by atoms with Crippen molar-refractivity contribution in [2.45, 2.75) is 39.0 Å². The average molecular weight is 510 g/mol. The largest absolute Gasteiger partial charge is 0.493 e. The summed E-state index contributed by atoms with van der Waals surface area (Å²) < 4.78 is 17.1. The fourth-order valence-electron chi connectivity index (χ4n) is 4.59. The van der Waals surface area contributed by atoms with E-state index in [1.54, 1.807) is 29.2 Å². The second kappa shape index (κ2) is 11.1. The SMILES string of the molecule is COc1cc([C@@H]2NC(=S)NC(C)=C2C(=O)c2ccccc2)ccc1OCC(=O)N1C[C@H](C)O[C@@H](C)C1. The monoisotopic (exact) mass is 509 g/mol. The van der Waals surface area contributed by atoms with E-state index in [2.05, 4.69) is 10.6 Å². The quantitative estimate of drug-likeness (QED) is 0.434. The minimum atomic E-state index is -0.479. The number of hydrogen-bond acceptors (Lipinski definition) is 6. The summed E-state index contributed by atoms with van der Waals surface area (Å²) in [6.07, 6.45) is -0.0289. The molecule has 3 atom stereocenters. The number of Topliss-reactive ketones (excluding diaryl/α,β-unsaturated/α-hetero) is 1. The van der Waals surface area contributed by atoms with Gasteiger partial charge in [0.05, 0.1) is 25.4 Å². The Morgan fingerprint density at radius 1 is 1.08 bits per heavy atom. The van der Waals surface area contributed by atoms with E-state index in [0.29, 0.717) is 46.5 Å². The van der Waals surface area contributed by atoms with Crippen molar-refractivity contribution in [3.05, 3.63) is 70.9 Å². The van der Waals surface area contributed by atoms with Crippen molar-refractivity contribution in [2.75, 3.05) is 26.8 Å². The predicted molar refractivity (Wildman–Crippen MR) is 140 cm³/mol. The maximum atomic E-state index is 13.4. The second-order valence-corrected chi connectivity index (χ2v) is 9.43. The number of ketones is 1. The van der Waals surface area contributed by atoms with Crippen LogP contribution in [0.2, 0.25) is 0 Å². The molecule has 0 aromatic heterocycles. The fraction of sp³-hybridized carbons (Fsp3) is 0.370. The van der Waals surface area contributed by atoms with E-state index in [-0.39, 0.29) is 30.5 Å². The molecule has 2 aliphatic rings. The molecule has 2 aromatic rings. The highest BCUT2D eigenvalue weighted by Gasteiger charge is 2.31. The highest BCUT2D eigenvalue weighted by atomic mass is 32.1. The summed E-state index contributed by atoms with van der Waals surface area (Å²) in [5.41, 5.74) is 2.63. The van der Waals surface area contributed by atoms with Crippen LogP contribution in [0.4, 0.5) is 0 Å². The Balaban J connectivity index is 1.55. The highest BCUT2D eigenvalue weighted by Crippen LogP contribution is 2.35. The van der Waals surface area contributed by atoms with Gasteiger partial charge in [-0.25, -0.2) is 0 Å². The summed E-state index contributed by atoms with van der Waals surface area (Å²) in [6.45, 7) is 6.70. The fourth-order valence-corrected chi connectivity index (χ4v) is 4.86. The van der Waals surface area contributed by atoms with E-state index < -0.39 is 6.04 Å². The number of amides is 1. The number of carbonyl (C=O) groups excluding carboxylic acids is 2. The molecule has 4 rings (SSSR count). The van der Waals surface area contributed by atoms with Crippen LogP contribution in [0.5, 0.6) is 11.5 Å². The zero-order valence-corrected chi connectivity index (χ0v) is 21.7. The van der Waals surface area contributed by atoms with E-state index in [4.69, 9.17) is 26.4 Å². The van der Waals surface area contributed by atoms with E-state index >= 15 is 0 Å². The van der Waals surface area contributed by atoms with Crippen molar-refractivity contribution < 1.29 is 23.8 Å². The number of hydrogen-bond donors (Lipinski definition) is 2. The number of ether oxygens (including phenoxy) is 3. The van der Waals surface area contributed by atoms with Gasteiger partial charge in [0.1, 0.15) is 0 Å². The third-order valence-electron chi connectivity index (χ3n) is 6.19. The zero-order chi connectivity index (χ0) is 25.8. The lowest BCUT2D eigenvalue weighted by molar-refractivity contribution is -0.145. The van der Waals surface area contributed by atoms with Crippen molar-refractivity contribution in [1.82, 2.24) is 15.5 Å². The van der Waals surface area contributed by atoms with Gasteiger partial charge in [-0.05, 0) is 50.7 Å². The number of rotatable bonds is 7. The Morgan fingerprint density at radius 2 is 1.78 bits per heavy atom. The van der Waals surface area contributed by atoms with Crippen LogP contribution in [0.1, 0.15) is 42.7 Å². The van der Waals surface area contributed by atoms with Crippen LogP contribution in [-0.2, 0) is 9.53 Å². The topological polar surface area (TPSA) is 89.1 Å². The molecule has 2 aromatic carbocycles. The Kier molecular flexibility index (Phi) is 7.91. The first-order valence-corrected chi connectivity index (χ1v) is 12.3. The molecule has 0 saturated carbocycles. The van der Waals surface area contributed by atoms with Gasteiger partial charge in [-0.2, -0.15) is 0 Å².